The highest BCUT2D eigenvalue weighted by molar-refractivity contribution is 7.89. The number of nitrogens with two attached hydrogens (primary N) is 1. The van der Waals surface area contributed by atoms with Crippen LogP contribution in [-0.4, -0.2) is 28.2 Å². The van der Waals surface area contributed by atoms with Crippen LogP contribution in [0.15, 0.2) is 17.0 Å². The van der Waals surface area contributed by atoms with Crippen LogP contribution in [0.4, 0.5) is 14.5 Å². The monoisotopic (exact) mass is 308 g/mol. The smallest absolute Gasteiger partial charge is 0.243 e. The number of sulfonamides is 1. The highest BCUT2D eigenvalue weighted by atomic mass is 32.2. The van der Waals surface area contributed by atoms with Gasteiger partial charge in [-0.25, -0.2) is 21.9 Å². The molecule has 0 aromatic heterocycles. The number of hydrogen-bond acceptors (Lipinski definition) is 4. The first-order valence-corrected chi connectivity index (χ1v) is 7.43. The largest absolute Gasteiger partial charge is 0.396 e. The van der Waals surface area contributed by atoms with Crippen LogP contribution in [0.25, 0.3) is 0 Å². The summed E-state index contributed by atoms with van der Waals surface area (Å²) in [6.07, 6.45) is 0. The maximum absolute atomic E-state index is 13.6. The van der Waals surface area contributed by atoms with Crippen LogP contribution in [0.3, 0.4) is 0 Å². The minimum Gasteiger partial charge on any atom is -0.396 e. The standard InChI is InChI=1S/C12H18F2N2O3S/c1-7(2)11(6-19-3)16-20(17,18)12-5-10(15)8(13)4-9(12)14/h4-5,7,11,16H,6,15H2,1-3H3. The molecule has 1 unspecified atom stereocenters. The van der Waals surface area contributed by atoms with Gasteiger partial charge >= 0.3 is 0 Å². The Bertz CT molecular complexity index is 576. The van der Waals surface area contributed by atoms with Gasteiger partial charge in [-0.3, -0.25) is 0 Å². The Morgan fingerprint density at radius 2 is 1.90 bits per heavy atom. The lowest BCUT2D eigenvalue weighted by Crippen LogP contribution is -2.41. The summed E-state index contributed by atoms with van der Waals surface area (Å²) in [6.45, 7) is 3.72. The van der Waals surface area contributed by atoms with E-state index >= 15 is 0 Å². The molecule has 0 aliphatic carbocycles. The topological polar surface area (TPSA) is 81.4 Å². The second kappa shape index (κ2) is 6.47. The number of halogens is 2. The van der Waals surface area contributed by atoms with E-state index in [2.05, 4.69) is 4.72 Å². The lowest BCUT2D eigenvalue weighted by molar-refractivity contribution is 0.157. The zero-order valence-electron chi connectivity index (χ0n) is 11.5. The van der Waals surface area contributed by atoms with Crippen molar-refractivity contribution in [3.05, 3.63) is 23.8 Å². The summed E-state index contributed by atoms with van der Waals surface area (Å²) in [5.41, 5.74) is 4.85. The third-order valence-electron chi connectivity index (χ3n) is 2.80. The molecule has 1 rings (SSSR count). The number of hydrogen-bond donors (Lipinski definition) is 2. The van der Waals surface area contributed by atoms with E-state index in [0.29, 0.717) is 6.07 Å². The molecule has 0 radical (unpaired) electrons. The lowest BCUT2D eigenvalue weighted by atomic mass is 10.1. The van der Waals surface area contributed by atoms with E-state index in [9.17, 15) is 17.2 Å². The zero-order valence-corrected chi connectivity index (χ0v) is 12.3. The van der Waals surface area contributed by atoms with Gasteiger partial charge in [-0.1, -0.05) is 13.8 Å². The quantitative estimate of drug-likeness (QED) is 0.780. The van der Waals surface area contributed by atoms with Gasteiger partial charge in [0, 0.05) is 19.2 Å². The van der Waals surface area contributed by atoms with Crippen molar-refractivity contribution >= 4 is 15.7 Å². The van der Waals surface area contributed by atoms with Gasteiger partial charge in [-0.05, 0) is 12.0 Å². The van der Waals surface area contributed by atoms with E-state index in [1.807, 2.05) is 0 Å². The molecule has 0 spiro atoms. The summed E-state index contributed by atoms with van der Waals surface area (Å²) in [7, 11) is -2.72. The van der Waals surface area contributed by atoms with Gasteiger partial charge in [0.2, 0.25) is 10.0 Å². The molecule has 1 aromatic rings. The van der Waals surface area contributed by atoms with E-state index in [1.54, 1.807) is 13.8 Å². The molecule has 114 valence electrons. The number of benzene rings is 1. The number of nitrogens with one attached hydrogen (secondary N) is 1. The molecule has 0 heterocycles. The van der Waals surface area contributed by atoms with Crippen molar-refractivity contribution in [1.82, 2.24) is 4.72 Å². The fourth-order valence-corrected chi connectivity index (χ4v) is 3.02. The van der Waals surface area contributed by atoms with Gasteiger partial charge < -0.3 is 10.5 Å². The molecule has 5 nitrogen and oxygen atoms in total. The van der Waals surface area contributed by atoms with Crippen molar-refractivity contribution in [2.45, 2.75) is 24.8 Å². The van der Waals surface area contributed by atoms with Crippen LogP contribution in [0.2, 0.25) is 0 Å². The van der Waals surface area contributed by atoms with Crippen molar-refractivity contribution in [3.63, 3.8) is 0 Å². The lowest BCUT2D eigenvalue weighted by Gasteiger charge is -2.21. The highest BCUT2D eigenvalue weighted by Crippen LogP contribution is 2.21. The number of anilines is 1. The minimum atomic E-state index is -4.15. The van der Waals surface area contributed by atoms with Crippen LogP contribution >= 0.6 is 0 Å². The van der Waals surface area contributed by atoms with Gasteiger partial charge in [0.25, 0.3) is 0 Å². The first-order valence-electron chi connectivity index (χ1n) is 5.94. The van der Waals surface area contributed by atoms with Gasteiger partial charge in [0.15, 0.2) is 0 Å². The fraction of sp³-hybridized carbons (Fsp3) is 0.500. The van der Waals surface area contributed by atoms with Gasteiger partial charge in [-0.2, -0.15) is 0 Å². The molecule has 0 fully saturated rings. The predicted octanol–water partition coefficient (Wildman–Crippen LogP) is 1.50. The molecule has 0 saturated carbocycles. The number of rotatable bonds is 6. The summed E-state index contributed by atoms with van der Waals surface area (Å²) < 4.78 is 58.2. The first-order chi connectivity index (χ1) is 9.19. The summed E-state index contributed by atoms with van der Waals surface area (Å²) in [5, 5.41) is 0. The SMILES string of the molecule is COCC(NS(=O)(=O)c1cc(N)c(F)cc1F)C(C)C. The summed E-state index contributed by atoms with van der Waals surface area (Å²) in [5.74, 6) is -2.26. The molecule has 8 heteroatoms. The van der Waals surface area contributed by atoms with E-state index in [4.69, 9.17) is 10.5 Å². The van der Waals surface area contributed by atoms with Crippen LogP contribution in [0.5, 0.6) is 0 Å². The molecule has 1 aromatic carbocycles. The minimum absolute atomic E-state index is 0.0643. The molecule has 3 N–H and O–H groups in total. The average Bonchev–Trinajstić information content (AvgIpc) is 2.32. The van der Waals surface area contributed by atoms with Crippen LogP contribution in [0, 0.1) is 17.6 Å². The van der Waals surface area contributed by atoms with E-state index in [1.165, 1.54) is 7.11 Å². The summed E-state index contributed by atoms with van der Waals surface area (Å²) in [6, 6.07) is 0.678. The van der Waals surface area contributed by atoms with Crippen molar-refractivity contribution in [1.29, 1.82) is 0 Å². The van der Waals surface area contributed by atoms with Crippen LogP contribution in [-0.2, 0) is 14.8 Å². The maximum atomic E-state index is 13.6. The molecular formula is C12H18F2N2O3S. The van der Waals surface area contributed by atoms with Crippen molar-refractivity contribution in [2.24, 2.45) is 5.92 Å². The first kappa shape index (κ1) is 16.8. The van der Waals surface area contributed by atoms with Crippen molar-refractivity contribution in [2.75, 3.05) is 19.5 Å². The van der Waals surface area contributed by atoms with Crippen LogP contribution < -0.4 is 10.5 Å². The predicted molar refractivity (Wildman–Crippen MR) is 71.6 cm³/mol. The summed E-state index contributed by atoms with van der Waals surface area (Å²) >= 11 is 0. The third kappa shape index (κ3) is 3.87. The fourth-order valence-electron chi connectivity index (χ4n) is 1.56. The molecule has 0 saturated heterocycles. The molecule has 0 bridgehead atoms. The normalized spacial score (nSPS) is 13.7. The van der Waals surface area contributed by atoms with E-state index in [-0.39, 0.29) is 12.5 Å². The maximum Gasteiger partial charge on any atom is 0.243 e. The zero-order chi connectivity index (χ0) is 15.5. The highest BCUT2D eigenvalue weighted by Gasteiger charge is 2.26. The van der Waals surface area contributed by atoms with Crippen molar-refractivity contribution < 1.29 is 21.9 Å². The second-order valence-corrected chi connectivity index (χ2v) is 6.41. The second-order valence-electron chi connectivity index (χ2n) is 4.73. The molecule has 1 atom stereocenters. The molecule has 0 amide bonds. The molecule has 0 aliphatic heterocycles. The van der Waals surface area contributed by atoms with Gasteiger partial charge in [0.05, 0.1) is 12.3 Å². The number of nitrogen functional groups attached to an aromatic ring is 1. The average molecular weight is 308 g/mol. The Morgan fingerprint density at radius 3 is 2.40 bits per heavy atom. The summed E-state index contributed by atoms with van der Waals surface area (Å²) in [4.78, 5) is -0.682. The Kier molecular flexibility index (Phi) is 5.43. The molecule has 0 aliphatic rings. The van der Waals surface area contributed by atoms with Crippen LogP contribution in [0.1, 0.15) is 13.8 Å². The Morgan fingerprint density at radius 1 is 1.30 bits per heavy atom. The third-order valence-corrected chi connectivity index (χ3v) is 4.30. The Labute approximate surface area is 117 Å². The Balaban J connectivity index is 3.13. The number of ether oxygens (including phenoxy) is 1. The van der Waals surface area contributed by atoms with Gasteiger partial charge in [-0.15, -0.1) is 0 Å². The Hall–Kier alpha value is -1.25. The van der Waals surface area contributed by atoms with Gasteiger partial charge in [0.1, 0.15) is 16.5 Å². The van der Waals surface area contributed by atoms with Crippen molar-refractivity contribution in [3.8, 4) is 0 Å². The van der Waals surface area contributed by atoms with E-state index in [0.717, 1.165) is 6.07 Å². The molecular weight excluding hydrogens is 290 g/mol. The van der Waals surface area contributed by atoms with E-state index < -0.39 is 38.3 Å². The molecule has 20 heavy (non-hydrogen) atoms. The number of methoxy groups -OCH3 is 1.